The van der Waals surface area contributed by atoms with Crippen LogP contribution in [0.15, 0.2) is 29.7 Å². The SMILES string of the molecule is Cn1cc(S(=O)(=O)N2C3CCC2CC(n2nccn2)C3)cn1. The molecule has 2 aromatic rings. The third kappa shape index (κ3) is 2.07. The molecule has 0 aromatic carbocycles. The molecule has 2 aromatic heterocycles. The highest BCUT2D eigenvalue weighted by molar-refractivity contribution is 7.89. The number of nitrogens with zero attached hydrogens (tertiary/aromatic N) is 6. The first-order chi connectivity index (χ1) is 10.6. The summed E-state index contributed by atoms with van der Waals surface area (Å²) in [4.78, 5) is 2.00. The van der Waals surface area contributed by atoms with Crippen molar-refractivity contribution in [2.24, 2.45) is 7.05 Å². The molecular formula is C13H18N6O2S. The van der Waals surface area contributed by atoms with E-state index in [1.165, 1.54) is 10.9 Å². The van der Waals surface area contributed by atoms with Crippen LogP contribution in [0.2, 0.25) is 0 Å². The maximum atomic E-state index is 12.9. The van der Waals surface area contributed by atoms with Crippen molar-refractivity contribution >= 4 is 10.0 Å². The summed E-state index contributed by atoms with van der Waals surface area (Å²) in [7, 11) is -1.74. The first-order valence-electron chi connectivity index (χ1n) is 7.43. The van der Waals surface area contributed by atoms with Crippen molar-refractivity contribution in [3.8, 4) is 0 Å². The molecule has 0 saturated carbocycles. The van der Waals surface area contributed by atoms with Gasteiger partial charge in [0.1, 0.15) is 4.90 Å². The van der Waals surface area contributed by atoms with E-state index in [2.05, 4.69) is 15.3 Å². The van der Waals surface area contributed by atoms with E-state index in [1.807, 2.05) is 0 Å². The lowest BCUT2D eigenvalue weighted by Crippen LogP contribution is -2.47. The first-order valence-corrected chi connectivity index (χ1v) is 8.87. The third-order valence-corrected chi connectivity index (χ3v) is 6.62. The standard InChI is InChI=1S/C13H18N6O2S/c1-17-9-13(8-16-17)22(20,21)18-10-2-3-11(18)7-12(6-10)19-14-4-5-15-19/h4-5,8-12H,2-3,6-7H2,1H3. The minimum atomic E-state index is -3.47. The molecular weight excluding hydrogens is 304 g/mol. The van der Waals surface area contributed by atoms with Crippen molar-refractivity contribution in [1.29, 1.82) is 0 Å². The Bertz CT molecular complexity index is 754. The number of aromatic nitrogens is 5. The Hall–Kier alpha value is -1.74. The Morgan fingerprint density at radius 3 is 2.23 bits per heavy atom. The Labute approximate surface area is 128 Å². The molecule has 22 heavy (non-hydrogen) atoms. The largest absolute Gasteiger partial charge is 0.274 e. The van der Waals surface area contributed by atoms with Crippen LogP contribution in [0.1, 0.15) is 31.7 Å². The summed E-state index contributed by atoms with van der Waals surface area (Å²) in [5.41, 5.74) is 0. The molecule has 118 valence electrons. The van der Waals surface area contributed by atoms with Gasteiger partial charge in [-0.2, -0.15) is 24.4 Å². The highest BCUT2D eigenvalue weighted by Gasteiger charge is 2.48. The molecule has 0 N–H and O–H groups in total. The fraction of sp³-hybridized carbons (Fsp3) is 0.615. The van der Waals surface area contributed by atoms with Gasteiger partial charge in [0, 0.05) is 25.3 Å². The summed E-state index contributed by atoms with van der Waals surface area (Å²) in [5.74, 6) is 0. The second-order valence-electron chi connectivity index (χ2n) is 6.04. The van der Waals surface area contributed by atoms with Crippen LogP contribution in [0, 0.1) is 0 Å². The van der Waals surface area contributed by atoms with E-state index in [4.69, 9.17) is 0 Å². The van der Waals surface area contributed by atoms with Crippen molar-refractivity contribution in [3.05, 3.63) is 24.8 Å². The number of piperidine rings is 1. The lowest BCUT2D eigenvalue weighted by Gasteiger charge is -2.37. The molecule has 2 atom stereocenters. The molecule has 0 radical (unpaired) electrons. The van der Waals surface area contributed by atoms with Crippen LogP contribution < -0.4 is 0 Å². The third-order valence-electron chi connectivity index (χ3n) is 4.66. The van der Waals surface area contributed by atoms with E-state index < -0.39 is 10.0 Å². The summed E-state index contributed by atoms with van der Waals surface area (Å²) < 4.78 is 29.0. The van der Waals surface area contributed by atoms with Gasteiger partial charge in [0.05, 0.1) is 24.6 Å². The number of hydrogen-bond donors (Lipinski definition) is 0. The predicted molar refractivity (Wildman–Crippen MR) is 77.3 cm³/mol. The van der Waals surface area contributed by atoms with Crippen LogP contribution in [-0.4, -0.2) is 49.6 Å². The number of aryl methyl sites for hydroxylation is 1. The zero-order valence-electron chi connectivity index (χ0n) is 12.3. The summed E-state index contributed by atoms with van der Waals surface area (Å²) in [6, 6.07) is 0.243. The van der Waals surface area contributed by atoms with Gasteiger partial charge in [-0.3, -0.25) is 4.68 Å². The quantitative estimate of drug-likeness (QED) is 0.824. The topological polar surface area (TPSA) is 85.9 Å². The van der Waals surface area contributed by atoms with Crippen molar-refractivity contribution in [2.75, 3.05) is 0 Å². The Morgan fingerprint density at radius 1 is 1.05 bits per heavy atom. The number of sulfonamides is 1. The molecule has 2 aliphatic rings. The molecule has 2 saturated heterocycles. The highest BCUT2D eigenvalue weighted by Crippen LogP contribution is 2.43. The Balaban J connectivity index is 1.63. The molecule has 4 rings (SSSR count). The van der Waals surface area contributed by atoms with E-state index in [0.29, 0.717) is 0 Å². The molecule has 2 aliphatic heterocycles. The summed E-state index contributed by atoms with van der Waals surface area (Å²) in [6.07, 6.45) is 9.67. The second kappa shape index (κ2) is 4.88. The summed E-state index contributed by atoms with van der Waals surface area (Å²) >= 11 is 0. The highest BCUT2D eigenvalue weighted by atomic mass is 32.2. The second-order valence-corrected chi connectivity index (χ2v) is 7.89. The first kappa shape index (κ1) is 13.9. The van der Waals surface area contributed by atoms with E-state index in [0.717, 1.165) is 25.7 Å². The molecule has 9 heteroatoms. The zero-order chi connectivity index (χ0) is 15.3. The van der Waals surface area contributed by atoms with Gasteiger partial charge in [-0.15, -0.1) is 0 Å². The summed E-state index contributed by atoms with van der Waals surface area (Å²) in [6.45, 7) is 0. The van der Waals surface area contributed by atoms with E-state index in [-0.39, 0.29) is 23.0 Å². The van der Waals surface area contributed by atoms with Crippen LogP contribution >= 0.6 is 0 Å². The minimum Gasteiger partial charge on any atom is -0.274 e. The monoisotopic (exact) mass is 322 g/mol. The van der Waals surface area contributed by atoms with E-state index in [1.54, 1.807) is 34.7 Å². The fourth-order valence-corrected chi connectivity index (χ4v) is 5.63. The molecule has 0 spiro atoms. The molecule has 2 bridgehead atoms. The van der Waals surface area contributed by atoms with Gasteiger partial charge in [-0.25, -0.2) is 8.42 Å². The van der Waals surface area contributed by atoms with Crippen LogP contribution in [0.25, 0.3) is 0 Å². The van der Waals surface area contributed by atoms with Crippen molar-refractivity contribution in [3.63, 3.8) is 0 Å². The molecule has 0 aliphatic carbocycles. The van der Waals surface area contributed by atoms with Gasteiger partial charge in [0.25, 0.3) is 0 Å². The number of fused-ring (bicyclic) bond motifs is 2. The molecule has 0 amide bonds. The molecule has 2 fully saturated rings. The molecule has 8 nitrogen and oxygen atoms in total. The molecule has 4 heterocycles. The summed E-state index contributed by atoms with van der Waals surface area (Å²) in [5, 5.41) is 12.4. The fourth-order valence-electron chi connectivity index (χ4n) is 3.75. The smallest absolute Gasteiger partial charge is 0.246 e. The van der Waals surface area contributed by atoms with Gasteiger partial charge in [0.15, 0.2) is 0 Å². The van der Waals surface area contributed by atoms with Crippen LogP contribution in [-0.2, 0) is 17.1 Å². The van der Waals surface area contributed by atoms with Gasteiger partial charge in [-0.05, 0) is 25.7 Å². The van der Waals surface area contributed by atoms with Gasteiger partial charge in [-0.1, -0.05) is 0 Å². The predicted octanol–water partition coefficient (Wildman–Crippen LogP) is 0.568. The average molecular weight is 322 g/mol. The average Bonchev–Trinajstić information content (AvgIpc) is 3.19. The maximum absolute atomic E-state index is 12.9. The normalized spacial score (nSPS) is 29.0. The molecule has 2 unspecified atom stereocenters. The van der Waals surface area contributed by atoms with Crippen molar-refractivity contribution < 1.29 is 8.42 Å². The lowest BCUT2D eigenvalue weighted by atomic mass is 10.0. The number of rotatable bonds is 3. The number of hydrogen-bond acceptors (Lipinski definition) is 5. The van der Waals surface area contributed by atoms with E-state index in [9.17, 15) is 8.42 Å². The van der Waals surface area contributed by atoms with Crippen molar-refractivity contribution in [2.45, 2.75) is 48.7 Å². The minimum absolute atomic E-state index is 0.0277. The van der Waals surface area contributed by atoms with Crippen LogP contribution in [0.4, 0.5) is 0 Å². The van der Waals surface area contributed by atoms with Crippen LogP contribution in [0.3, 0.4) is 0 Å². The maximum Gasteiger partial charge on any atom is 0.246 e. The Morgan fingerprint density at radius 2 is 1.68 bits per heavy atom. The van der Waals surface area contributed by atoms with Gasteiger partial charge >= 0.3 is 0 Å². The van der Waals surface area contributed by atoms with Crippen molar-refractivity contribution in [1.82, 2.24) is 29.1 Å². The van der Waals surface area contributed by atoms with Gasteiger partial charge < -0.3 is 0 Å². The van der Waals surface area contributed by atoms with Gasteiger partial charge in [0.2, 0.25) is 10.0 Å². The van der Waals surface area contributed by atoms with Crippen LogP contribution in [0.5, 0.6) is 0 Å². The zero-order valence-corrected chi connectivity index (χ0v) is 13.1. The van der Waals surface area contributed by atoms with E-state index >= 15 is 0 Å². The Kier molecular flexibility index (Phi) is 3.08. The lowest BCUT2D eigenvalue weighted by molar-refractivity contribution is 0.174.